The van der Waals surface area contributed by atoms with Crippen molar-refractivity contribution in [2.45, 2.75) is 62.8 Å². The zero-order valence-electron chi connectivity index (χ0n) is 22.3. The van der Waals surface area contributed by atoms with Crippen molar-refractivity contribution >= 4 is 29.0 Å². The maximum atomic E-state index is 17.5. The van der Waals surface area contributed by atoms with Crippen LogP contribution in [0.15, 0.2) is 48.1 Å². The predicted octanol–water partition coefficient (Wildman–Crippen LogP) is 5.48. The van der Waals surface area contributed by atoms with Crippen LogP contribution in [0.5, 0.6) is 0 Å². The predicted molar refractivity (Wildman–Crippen MR) is 137 cm³/mol. The van der Waals surface area contributed by atoms with Crippen LogP contribution >= 0.6 is 11.6 Å². The van der Waals surface area contributed by atoms with Gasteiger partial charge in [-0.3, -0.25) is 14.7 Å². The van der Waals surface area contributed by atoms with Crippen LogP contribution in [0.1, 0.15) is 33.1 Å². The Labute approximate surface area is 238 Å². The summed E-state index contributed by atoms with van der Waals surface area (Å²) in [6.07, 6.45) is -5.32. The molecule has 1 aromatic rings. The Balaban J connectivity index is 1.44. The molecule has 5 aliphatic rings. The van der Waals surface area contributed by atoms with E-state index in [1.165, 1.54) is 18.1 Å². The first-order chi connectivity index (χ1) is 19.1. The van der Waals surface area contributed by atoms with Crippen LogP contribution in [0, 0.1) is 28.6 Å². The molecule has 0 spiro atoms. The highest BCUT2D eigenvalue weighted by Crippen LogP contribution is 2.72. The van der Waals surface area contributed by atoms with Gasteiger partial charge in [-0.05, 0) is 74.1 Å². The molecule has 222 valence electrons. The number of hydrogen-bond acceptors (Lipinski definition) is 6. The summed E-state index contributed by atoms with van der Waals surface area (Å²) >= 11 is 6.00. The number of aliphatic hydroxyl groups is 1. The number of hydrogen-bond donors (Lipinski definition) is 1. The molecule has 12 heteroatoms. The highest BCUT2D eigenvalue weighted by molar-refractivity contribution is 6.30. The van der Waals surface area contributed by atoms with Crippen molar-refractivity contribution in [2.24, 2.45) is 28.6 Å². The third-order valence-electron chi connectivity index (χ3n) is 10.4. The SMILES string of the molecule is C[C@]12C=CC(=O)C=C1[C@@H](F)C[C@H]1[C@@H]3C[C@H]4CN(c5ccc(Cl)cc5)O[C@@]4(C(=O)OCC(F)(F)F)[C@@]3(C)C[C@H](O)[C@@]12F. The van der Waals surface area contributed by atoms with E-state index in [2.05, 4.69) is 0 Å². The summed E-state index contributed by atoms with van der Waals surface area (Å²) in [6, 6.07) is 6.43. The molecule has 0 aromatic heterocycles. The van der Waals surface area contributed by atoms with Gasteiger partial charge in [-0.15, -0.1) is 0 Å². The zero-order chi connectivity index (χ0) is 29.8. The second-order valence-electron chi connectivity index (χ2n) is 12.3. The minimum atomic E-state index is -4.80. The number of halogens is 6. The molecular formula is C29H29ClF5NO5. The van der Waals surface area contributed by atoms with Gasteiger partial charge in [0.15, 0.2) is 18.1 Å². The van der Waals surface area contributed by atoms with Crippen LogP contribution in [0.4, 0.5) is 27.6 Å². The van der Waals surface area contributed by atoms with Crippen molar-refractivity contribution in [2.75, 3.05) is 18.2 Å². The van der Waals surface area contributed by atoms with Gasteiger partial charge >= 0.3 is 12.1 Å². The lowest BCUT2D eigenvalue weighted by molar-refractivity contribution is -0.241. The van der Waals surface area contributed by atoms with Crippen molar-refractivity contribution in [1.29, 1.82) is 0 Å². The Bertz CT molecular complexity index is 1350. The van der Waals surface area contributed by atoms with Crippen LogP contribution < -0.4 is 5.06 Å². The van der Waals surface area contributed by atoms with Gasteiger partial charge in [0.05, 0.1) is 18.3 Å². The molecule has 4 aliphatic carbocycles. The number of rotatable bonds is 3. The normalized spacial score (nSPS) is 43.1. The Morgan fingerprint density at radius 3 is 2.54 bits per heavy atom. The number of aliphatic hydroxyl groups excluding tert-OH is 1. The first-order valence-corrected chi connectivity index (χ1v) is 13.9. The average molecular weight is 602 g/mol. The summed E-state index contributed by atoms with van der Waals surface area (Å²) in [5.41, 5.74) is -7.03. The Morgan fingerprint density at radius 1 is 1.20 bits per heavy atom. The van der Waals surface area contributed by atoms with Crippen molar-refractivity contribution in [3.05, 3.63) is 53.1 Å². The van der Waals surface area contributed by atoms with Crippen LogP contribution in [-0.4, -0.2) is 59.7 Å². The molecule has 6 rings (SSSR count). The van der Waals surface area contributed by atoms with Gasteiger partial charge in [0.1, 0.15) is 6.17 Å². The standard InChI is InChI=1S/C29H29ClF5NO5/c1-25-8-7-18(37)10-21(25)22(31)11-20-19-9-15-13-36(17-5-3-16(30)4-6-17)41-29(15,24(39)40-14-27(32,33)34)26(19,2)12-23(38)28(20,25)35/h3-8,10,15,19-20,22-23,38H,9,11-14H2,1-2H3/t15-,19-,20-,22-,23-,25-,26-,28-,29-/m0/s1. The van der Waals surface area contributed by atoms with Crippen LogP contribution in [-0.2, 0) is 19.2 Å². The molecule has 1 heterocycles. The largest absolute Gasteiger partial charge is 0.454 e. The van der Waals surface area contributed by atoms with E-state index in [0.29, 0.717) is 10.7 Å². The van der Waals surface area contributed by atoms with E-state index in [1.54, 1.807) is 31.2 Å². The second kappa shape index (κ2) is 9.00. The highest BCUT2D eigenvalue weighted by atomic mass is 35.5. The summed E-state index contributed by atoms with van der Waals surface area (Å²) < 4.78 is 77.5. The zero-order valence-corrected chi connectivity index (χ0v) is 23.0. The molecule has 1 saturated heterocycles. The third kappa shape index (κ3) is 3.80. The van der Waals surface area contributed by atoms with E-state index in [-0.39, 0.29) is 31.4 Å². The molecule has 1 N–H and O–H groups in total. The summed E-state index contributed by atoms with van der Waals surface area (Å²) in [5.74, 6) is -4.38. The maximum Gasteiger partial charge on any atom is 0.422 e. The quantitative estimate of drug-likeness (QED) is 0.365. The minimum absolute atomic E-state index is 0.0472. The Morgan fingerprint density at radius 2 is 1.88 bits per heavy atom. The van der Waals surface area contributed by atoms with Gasteiger partial charge in [0.25, 0.3) is 0 Å². The number of benzene rings is 1. The monoisotopic (exact) mass is 601 g/mol. The number of fused-ring (bicyclic) bond motifs is 7. The maximum absolute atomic E-state index is 17.5. The lowest BCUT2D eigenvalue weighted by Gasteiger charge is -2.63. The van der Waals surface area contributed by atoms with E-state index in [9.17, 15) is 27.9 Å². The third-order valence-corrected chi connectivity index (χ3v) is 10.7. The smallest absolute Gasteiger partial charge is 0.422 e. The second-order valence-corrected chi connectivity index (χ2v) is 12.8. The molecule has 0 amide bonds. The molecule has 0 radical (unpaired) electrons. The van der Waals surface area contributed by atoms with Crippen molar-refractivity contribution < 1.29 is 46.2 Å². The van der Waals surface area contributed by atoms with Crippen LogP contribution in [0.2, 0.25) is 5.02 Å². The van der Waals surface area contributed by atoms with E-state index in [4.69, 9.17) is 21.2 Å². The summed E-state index contributed by atoms with van der Waals surface area (Å²) in [7, 11) is 0. The van der Waals surface area contributed by atoms with Crippen molar-refractivity contribution in [1.82, 2.24) is 0 Å². The highest BCUT2D eigenvalue weighted by Gasteiger charge is 2.80. The van der Waals surface area contributed by atoms with Gasteiger partial charge in [-0.2, -0.15) is 13.2 Å². The summed E-state index contributed by atoms with van der Waals surface area (Å²) in [5, 5.41) is 13.4. The molecule has 1 aliphatic heterocycles. The first kappa shape index (κ1) is 28.6. The van der Waals surface area contributed by atoms with E-state index >= 15 is 8.78 Å². The van der Waals surface area contributed by atoms with Crippen LogP contribution in [0.25, 0.3) is 0 Å². The molecular weight excluding hydrogens is 573 g/mol. The molecule has 3 saturated carbocycles. The Hall–Kier alpha value is -2.50. The number of ether oxygens (including phenoxy) is 1. The van der Waals surface area contributed by atoms with Gasteiger partial charge < -0.3 is 9.84 Å². The first-order valence-electron chi connectivity index (χ1n) is 13.5. The van der Waals surface area contributed by atoms with E-state index < -0.39 is 76.7 Å². The fourth-order valence-corrected chi connectivity index (χ4v) is 8.73. The summed E-state index contributed by atoms with van der Waals surface area (Å²) in [6.45, 7) is 1.25. The number of ketones is 1. The van der Waals surface area contributed by atoms with Gasteiger partial charge in [-0.25, -0.2) is 13.6 Å². The molecule has 0 unspecified atom stereocenters. The molecule has 9 atom stereocenters. The molecule has 6 nitrogen and oxygen atoms in total. The lowest BCUT2D eigenvalue weighted by atomic mass is 9.44. The topological polar surface area (TPSA) is 76.1 Å². The molecule has 0 bridgehead atoms. The number of anilines is 1. The number of hydroxylamine groups is 1. The van der Waals surface area contributed by atoms with Crippen molar-refractivity contribution in [3.63, 3.8) is 0 Å². The van der Waals surface area contributed by atoms with E-state index in [1.807, 2.05) is 0 Å². The summed E-state index contributed by atoms with van der Waals surface area (Å²) in [4.78, 5) is 32.1. The number of carbonyl (C=O) groups is 2. The van der Waals surface area contributed by atoms with Gasteiger partial charge in [0.2, 0.25) is 5.60 Å². The van der Waals surface area contributed by atoms with Gasteiger partial charge in [0, 0.05) is 27.7 Å². The number of esters is 1. The number of nitrogens with zero attached hydrogens (tertiary/aromatic N) is 1. The van der Waals surface area contributed by atoms with Crippen molar-refractivity contribution in [3.8, 4) is 0 Å². The number of carbonyl (C=O) groups excluding carboxylic acids is 2. The minimum Gasteiger partial charge on any atom is -0.454 e. The number of allylic oxidation sites excluding steroid dienone is 4. The van der Waals surface area contributed by atoms with Gasteiger partial charge in [-0.1, -0.05) is 24.6 Å². The number of alkyl halides is 5. The average Bonchev–Trinajstić information content (AvgIpc) is 3.39. The van der Waals surface area contributed by atoms with Crippen LogP contribution in [0.3, 0.4) is 0 Å². The van der Waals surface area contributed by atoms with E-state index in [0.717, 1.165) is 12.2 Å². The Kier molecular flexibility index (Phi) is 6.28. The lowest BCUT2D eigenvalue weighted by Crippen LogP contribution is -2.70. The fraction of sp³-hybridized carbons (Fsp3) is 0.586. The molecule has 4 fully saturated rings. The molecule has 41 heavy (non-hydrogen) atoms. The fourth-order valence-electron chi connectivity index (χ4n) is 8.60. The molecule has 1 aromatic carbocycles.